The molecule has 0 saturated carbocycles. The van der Waals surface area contributed by atoms with E-state index in [-0.39, 0.29) is 5.91 Å². The van der Waals surface area contributed by atoms with Gasteiger partial charge in [0, 0.05) is 38.9 Å². The van der Waals surface area contributed by atoms with Crippen molar-refractivity contribution in [2.45, 2.75) is 0 Å². The number of benzene rings is 1. The smallest absolute Gasteiger partial charge is 0.248 e. The van der Waals surface area contributed by atoms with Gasteiger partial charge >= 0.3 is 0 Å². The van der Waals surface area contributed by atoms with Crippen LogP contribution < -0.4 is 15.1 Å². The van der Waals surface area contributed by atoms with Gasteiger partial charge in [-0.2, -0.15) is 0 Å². The van der Waals surface area contributed by atoms with E-state index in [0.717, 1.165) is 43.4 Å². The minimum absolute atomic E-state index is 0.178. The third-order valence-electron chi connectivity index (χ3n) is 4.19. The Morgan fingerprint density at radius 2 is 1.88 bits per heavy atom. The van der Waals surface area contributed by atoms with Crippen molar-refractivity contribution in [1.29, 1.82) is 0 Å². The molecule has 0 spiro atoms. The molecule has 6 heteroatoms. The maximum Gasteiger partial charge on any atom is 0.248 e. The number of ether oxygens (including phenoxy) is 1. The SMILES string of the molecule is CN(C)c1ccc(/C=C/C(=O)Nc2ccc(N3CCOCC3)nc2)cc1. The van der Waals surface area contributed by atoms with Crippen molar-refractivity contribution < 1.29 is 9.53 Å². The van der Waals surface area contributed by atoms with Crippen molar-refractivity contribution in [2.75, 3.05) is 55.5 Å². The number of rotatable bonds is 5. The zero-order valence-corrected chi connectivity index (χ0v) is 15.2. The molecule has 1 saturated heterocycles. The first-order valence-electron chi connectivity index (χ1n) is 8.67. The summed E-state index contributed by atoms with van der Waals surface area (Å²) in [7, 11) is 3.99. The summed E-state index contributed by atoms with van der Waals surface area (Å²) in [6.45, 7) is 3.13. The van der Waals surface area contributed by atoms with Crippen LogP contribution in [0.15, 0.2) is 48.7 Å². The largest absolute Gasteiger partial charge is 0.378 e. The highest BCUT2D eigenvalue weighted by atomic mass is 16.5. The van der Waals surface area contributed by atoms with Crippen molar-refractivity contribution >= 4 is 29.2 Å². The summed E-state index contributed by atoms with van der Waals surface area (Å²) < 4.78 is 5.34. The van der Waals surface area contributed by atoms with E-state index in [0.29, 0.717) is 5.69 Å². The van der Waals surface area contributed by atoms with Crippen molar-refractivity contribution in [2.24, 2.45) is 0 Å². The predicted octanol–water partition coefficient (Wildman–Crippen LogP) is 2.64. The van der Waals surface area contributed by atoms with E-state index in [1.807, 2.05) is 55.4 Å². The summed E-state index contributed by atoms with van der Waals surface area (Å²) >= 11 is 0. The fourth-order valence-electron chi connectivity index (χ4n) is 2.68. The molecule has 1 aliphatic rings. The van der Waals surface area contributed by atoms with Gasteiger partial charge in [-0.1, -0.05) is 12.1 Å². The van der Waals surface area contributed by atoms with Crippen LogP contribution in [0.5, 0.6) is 0 Å². The van der Waals surface area contributed by atoms with Gasteiger partial charge in [-0.3, -0.25) is 4.79 Å². The highest BCUT2D eigenvalue weighted by Crippen LogP contribution is 2.16. The fraction of sp³-hybridized carbons (Fsp3) is 0.300. The number of aromatic nitrogens is 1. The fourth-order valence-corrected chi connectivity index (χ4v) is 2.68. The zero-order chi connectivity index (χ0) is 18.4. The second-order valence-corrected chi connectivity index (χ2v) is 6.31. The standard InChI is InChI=1S/C20H24N4O2/c1-23(2)18-7-3-16(4-8-18)5-10-20(25)22-17-6-9-19(21-15-17)24-11-13-26-14-12-24/h3-10,15H,11-14H2,1-2H3,(H,22,25)/b10-5+. The van der Waals surface area contributed by atoms with Crippen LogP contribution in [0.1, 0.15) is 5.56 Å². The molecule has 0 bridgehead atoms. The summed E-state index contributed by atoms with van der Waals surface area (Å²) in [6, 6.07) is 11.8. The third kappa shape index (κ3) is 4.83. The maximum atomic E-state index is 12.1. The first-order chi connectivity index (χ1) is 12.6. The van der Waals surface area contributed by atoms with E-state index in [1.165, 1.54) is 6.08 Å². The molecule has 1 aromatic heterocycles. The second kappa shape index (κ2) is 8.49. The lowest BCUT2D eigenvalue weighted by molar-refractivity contribution is -0.111. The summed E-state index contributed by atoms with van der Waals surface area (Å²) in [5.74, 6) is 0.727. The van der Waals surface area contributed by atoms with Crippen LogP contribution in [0.25, 0.3) is 6.08 Å². The van der Waals surface area contributed by atoms with Crippen LogP contribution in [0.3, 0.4) is 0 Å². The summed E-state index contributed by atoms with van der Waals surface area (Å²) in [4.78, 5) is 20.7. The molecule has 6 nitrogen and oxygen atoms in total. The van der Waals surface area contributed by atoms with E-state index >= 15 is 0 Å². The molecule has 0 unspecified atom stereocenters. The first kappa shape index (κ1) is 17.9. The molecular weight excluding hydrogens is 328 g/mol. The van der Waals surface area contributed by atoms with Crippen molar-refractivity contribution in [3.63, 3.8) is 0 Å². The Morgan fingerprint density at radius 3 is 2.50 bits per heavy atom. The lowest BCUT2D eigenvalue weighted by Crippen LogP contribution is -2.36. The van der Waals surface area contributed by atoms with Crippen LogP contribution >= 0.6 is 0 Å². The number of amides is 1. The number of hydrogen-bond acceptors (Lipinski definition) is 5. The molecule has 2 aromatic rings. The number of anilines is 3. The highest BCUT2D eigenvalue weighted by molar-refractivity contribution is 6.01. The molecular formula is C20H24N4O2. The first-order valence-corrected chi connectivity index (χ1v) is 8.67. The van der Waals surface area contributed by atoms with Gasteiger partial charge in [-0.25, -0.2) is 4.98 Å². The lowest BCUT2D eigenvalue weighted by atomic mass is 10.2. The van der Waals surface area contributed by atoms with Crippen LogP contribution in [-0.4, -0.2) is 51.3 Å². The molecule has 0 radical (unpaired) electrons. The number of nitrogens with zero attached hydrogens (tertiary/aromatic N) is 3. The monoisotopic (exact) mass is 352 g/mol. The van der Waals surface area contributed by atoms with E-state index in [1.54, 1.807) is 12.3 Å². The summed E-state index contributed by atoms with van der Waals surface area (Å²) in [5, 5.41) is 2.83. The molecule has 1 N–H and O–H groups in total. The number of carbonyl (C=O) groups is 1. The molecule has 26 heavy (non-hydrogen) atoms. The number of nitrogens with one attached hydrogen (secondary N) is 1. The highest BCUT2D eigenvalue weighted by Gasteiger charge is 2.12. The zero-order valence-electron chi connectivity index (χ0n) is 15.2. The Labute approximate surface area is 154 Å². The molecule has 3 rings (SSSR count). The predicted molar refractivity (Wildman–Crippen MR) is 106 cm³/mol. The van der Waals surface area contributed by atoms with Crippen LogP contribution in [-0.2, 0) is 9.53 Å². The van der Waals surface area contributed by atoms with Gasteiger partial charge in [-0.05, 0) is 35.9 Å². The van der Waals surface area contributed by atoms with Crippen LogP contribution in [0, 0.1) is 0 Å². The van der Waals surface area contributed by atoms with Crippen LogP contribution in [0.4, 0.5) is 17.2 Å². The molecule has 136 valence electrons. The minimum Gasteiger partial charge on any atom is -0.378 e. The van der Waals surface area contributed by atoms with Crippen molar-refractivity contribution in [3.8, 4) is 0 Å². The normalized spacial score (nSPS) is 14.5. The Balaban J connectivity index is 1.55. The van der Waals surface area contributed by atoms with Gasteiger partial charge < -0.3 is 19.9 Å². The average molecular weight is 352 g/mol. The minimum atomic E-state index is -0.178. The molecule has 2 heterocycles. The number of morpholine rings is 1. The van der Waals surface area contributed by atoms with Gasteiger partial charge in [0.15, 0.2) is 0 Å². The van der Waals surface area contributed by atoms with Gasteiger partial charge in [0.2, 0.25) is 5.91 Å². The van der Waals surface area contributed by atoms with E-state index in [9.17, 15) is 4.79 Å². The van der Waals surface area contributed by atoms with Gasteiger partial charge in [0.1, 0.15) is 5.82 Å². The summed E-state index contributed by atoms with van der Waals surface area (Å²) in [5.41, 5.74) is 2.78. The van der Waals surface area contributed by atoms with Crippen LogP contribution in [0.2, 0.25) is 0 Å². The van der Waals surface area contributed by atoms with Crippen molar-refractivity contribution in [3.05, 3.63) is 54.2 Å². The number of hydrogen-bond donors (Lipinski definition) is 1. The Morgan fingerprint density at radius 1 is 1.15 bits per heavy atom. The maximum absolute atomic E-state index is 12.1. The Bertz CT molecular complexity index is 748. The quantitative estimate of drug-likeness (QED) is 0.839. The van der Waals surface area contributed by atoms with E-state index < -0.39 is 0 Å². The second-order valence-electron chi connectivity index (χ2n) is 6.31. The Kier molecular flexibility index (Phi) is 5.86. The number of pyridine rings is 1. The van der Waals surface area contributed by atoms with Gasteiger partial charge in [0.05, 0.1) is 25.1 Å². The van der Waals surface area contributed by atoms with E-state index in [2.05, 4.69) is 15.2 Å². The third-order valence-corrected chi connectivity index (χ3v) is 4.19. The van der Waals surface area contributed by atoms with Crippen molar-refractivity contribution in [1.82, 2.24) is 4.98 Å². The van der Waals surface area contributed by atoms with Gasteiger partial charge in [0.25, 0.3) is 0 Å². The number of carbonyl (C=O) groups excluding carboxylic acids is 1. The molecule has 0 aliphatic carbocycles. The Hall–Kier alpha value is -2.86. The average Bonchev–Trinajstić information content (AvgIpc) is 2.68. The van der Waals surface area contributed by atoms with E-state index in [4.69, 9.17) is 4.74 Å². The molecule has 1 aromatic carbocycles. The molecule has 1 aliphatic heterocycles. The summed E-state index contributed by atoms with van der Waals surface area (Å²) in [6.07, 6.45) is 5.01. The molecule has 1 fully saturated rings. The molecule has 1 amide bonds. The molecule has 0 atom stereocenters. The topological polar surface area (TPSA) is 57.7 Å². The lowest BCUT2D eigenvalue weighted by Gasteiger charge is -2.27. The van der Waals surface area contributed by atoms with Gasteiger partial charge in [-0.15, -0.1) is 0 Å².